The van der Waals surface area contributed by atoms with Crippen molar-refractivity contribution in [3.05, 3.63) is 65.7 Å². The molecule has 2 aliphatic rings. The van der Waals surface area contributed by atoms with Crippen molar-refractivity contribution in [2.75, 3.05) is 26.2 Å². The number of benzene rings is 3. The summed E-state index contributed by atoms with van der Waals surface area (Å²) in [5.41, 5.74) is 2.15. The highest BCUT2D eigenvalue weighted by Gasteiger charge is 2.60. The Balaban J connectivity index is 1.73. The number of hydrogen-bond acceptors (Lipinski definition) is 4. The molecule has 0 saturated carbocycles. The topological polar surface area (TPSA) is 30.9 Å². The number of rotatable bonds is 2. The third kappa shape index (κ3) is 2.14. The fraction of sp³-hybridized carbons (Fsp3) is 0.280. The number of anilines is 1. The van der Waals surface area contributed by atoms with Crippen LogP contribution in [0.2, 0.25) is 0 Å². The number of nitrogens with zero attached hydrogens (tertiary/aromatic N) is 1. The van der Waals surface area contributed by atoms with E-state index < -0.39 is 5.72 Å². The zero-order valence-electron chi connectivity index (χ0n) is 17.4. The van der Waals surface area contributed by atoms with Crippen LogP contribution in [0.4, 0.5) is 5.69 Å². The van der Waals surface area contributed by atoms with E-state index in [4.69, 9.17) is 14.2 Å². The lowest BCUT2D eigenvalue weighted by molar-refractivity contribution is 0.0574. The molecule has 0 bridgehead atoms. The van der Waals surface area contributed by atoms with Crippen molar-refractivity contribution in [1.29, 1.82) is 0 Å². The van der Waals surface area contributed by atoms with Gasteiger partial charge in [0.25, 0.3) is 0 Å². The van der Waals surface area contributed by atoms with Gasteiger partial charge in [0.05, 0.1) is 25.3 Å². The molecule has 0 aliphatic carbocycles. The van der Waals surface area contributed by atoms with Gasteiger partial charge < -0.3 is 19.1 Å². The first kappa shape index (κ1) is 17.9. The summed E-state index contributed by atoms with van der Waals surface area (Å²) >= 11 is 0. The smallest absolute Gasteiger partial charge is 0.212 e. The van der Waals surface area contributed by atoms with Gasteiger partial charge in [-0.25, -0.2) is 0 Å². The predicted octanol–water partition coefficient (Wildman–Crippen LogP) is 5.39. The van der Waals surface area contributed by atoms with Gasteiger partial charge in [0.15, 0.2) is 0 Å². The van der Waals surface area contributed by atoms with Crippen molar-refractivity contribution in [3.8, 4) is 17.2 Å². The van der Waals surface area contributed by atoms with Gasteiger partial charge in [-0.2, -0.15) is 0 Å². The Morgan fingerprint density at radius 3 is 2.38 bits per heavy atom. The molecule has 4 heteroatoms. The zero-order valence-corrected chi connectivity index (χ0v) is 17.4. The molecule has 29 heavy (non-hydrogen) atoms. The Morgan fingerprint density at radius 1 is 0.897 bits per heavy atom. The standard InChI is InChI=1S/C25H25NO3/c1-24(2)22-20(27-4)12-13-21(28-5)23(22)26(3)25(24)15-14-18-17-9-7-6-8-16(17)10-11-19(18)29-25/h6-15H,1-5H3. The Morgan fingerprint density at radius 2 is 1.62 bits per heavy atom. The summed E-state index contributed by atoms with van der Waals surface area (Å²) in [5.74, 6) is 2.54. The number of methoxy groups -OCH3 is 2. The number of ether oxygens (including phenoxy) is 3. The lowest BCUT2D eigenvalue weighted by atomic mass is 9.75. The maximum Gasteiger partial charge on any atom is 0.212 e. The summed E-state index contributed by atoms with van der Waals surface area (Å²) in [6.45, 7) is 4.40. The Hall–Kier alpha value is -3.14. The van der Waals surface area contributed by atoms with E-state index in [1.165, 1.54) is 10.8 Å². The SMILES string of the molecule is COc1ccc(OC)c2c1N(C)C1(C=Cc3c(ccc4ccccc34)O1)C2(C)C. The number of likely N-dealkylation sites (N-methyl/N-ethyl adjacent to an activating group) is 1. The fourth-order valence-electron chi connectivity index (χ4n) is 5.04. The van der Waals surface area contributed by atoms with Crippen LogP contribution in [0.15, 0.2) is 54.6 Å². The van der Waals surface area contributed by atoms with E-state index in [0.717, 1.165) is 34.1 Å². The molecular formula is C25H25NO3. The van der Waals surface area contributed by atoms with Crippen molar-refractivity contribution >= 4 is 22.5 Å². The van der Waals surface area contributed by atoms with Crippen LogP contribution in [0.1, 0.15) is 25.0 Å². The molecule has 0 saturated heterocycles. The van der Waals surface area contributed by atoms with E-state index in [0.29, 0.717) is 0 Å². The normalized spacial score (nSPS) is 21.1. The molecule has 0 aromatic heterocycles. The van der Waals surface area contributed by atoms with Gasteiger partial charge in [-0.15, -0.1) is 0 Å². The Kier molecular flexibility index (Phi) is 3.66. The van der Waals surface area contributed by atoms with Crippen molar-refractivity contribution in [2.24, 2.45) is 0 Å². The lowest BCUT2D eigenvalue weighted by Gasteiger charge is -2.46. The first-order valence-corrected chi connectivity index (χ1v) is 9.84. The predicted molar refractivity (Wildman–Crippen MR) is 117 cm³/mol. The second-order valence-electron chi connectivity index (χ2n) is 8.21. The molecule has 1 unspecified atom stereocenters. The zero-order chi connectivity index (χ0) is 20.4. The summed E-state index contributed by atoms with van der Waals surface area (Å²) in [4.78, 5) is 2.18. The molecule has 148 valence electrons. The average Bonchev–Trinajstić information content (AvgIpc) is 2.91. The van der Waals surface area contributed by atoms with E-state index in [2.05, 4.69) is 74.3 Å². The summed E-state index contributed by atoms with van der Waals surface area (Å²) in [6.07, 6.45) is 4.38. The lowest BCUT2D eigenvalue weighted by Crippen LogP contribution is -2.58. The van der Waals surface area contributed by atoms with E-state index in [1.807, 2.05) is 12.1 Å². The first-order chi connectivity index (χ1) is 13.9. The van der Waals surface area contributed by atoms with E-state index in [-0.39, 0.29) is 5.41 Å². The van der Waals surface area contributed by atoms with E-state index in [1.54, 1.807) is 14.2 Å². The van der Waals surface area contributed by atoms with Crippen LogP contribution in [-0.2, 0) is 5.41 Å². The van der Waals surface area contributed by atoms with Crippen LogP contribution in [0, 0.1) is 0 Å². The van der Waals surface area contributed by atoms with Crippen LogP contribution in [0.3, 0.4) is 0 Å². The molecule has 1 spiro atoms. The third-order valence-corrected chi connectivity index (χ3v) is 6.57. The van der Waals surface area contributed by atoms with Crippen molar-refractivity contribution < 1.29 is 14.2 Å². The molecule has 3 aromatic rings. The molecular weight excluding hydrogens is 362 g/mol. The maximum absolute atomic E-state index is 6.83. The summed E-state index contributed by atoms with van der Waals surface area (Å²) in [5, 5.41) is 2.41. The van der Waals surface area contributed by atoms with Gasteiger partial charge >= 0.3 is 0 Å². The fourth-order valence-corrected chi connectivity index (χ4v) is 5.04. The molecule has 0 fully saturated rings. The number of fused-ring (bicyclic) bond motifs is 4. The number of hydrogen-bond donors (Lipinski definition) is 0. The summed E-state index contributed by atoms with van der Waals surface area (Å²) in [7, 11) is 5.47. The molecule has 0 amide bonds. The maximum atomic E-state index is 6.83. The largest absolute Gasteiger partial charge is 0.496 e. The molecule has 1 atom stereocenters. The highest BCUT2D eigenvalue weighted by molar-refractivity contribution is 5.94. The quantitative estimate of drug-likeness (QED) is 0.590. The molecule has 0 N–H and O–H groups in total. The van der Waals surface area contributed by atoms with Crippen LogP contribution < -0.4 is 19.1 Å². The van der Waals surface area contributed by atoms with Gasteiger partial charge in [0.1, 0.15) is 17.2 Å². The molecule has 3 aromatic carbocycles. The van der Waals surface area contributed by atoms with Crippen LogP contribution in [0.25, 0.3) is 16.8 Å². The van der Waals surface area contributed by atoms with Gasteiger partial charge in [0, 0.05) is 18.2 Å². The average molecular weight is 387 g/mol. The third-order valence-electron chi connectivity index (χ3n) is 6.57. The highest BCUT2D eigenvalue weighted by Crippen LogP contribution is 2.59. The second kappa shape index (κ2) is 5.93. The monoisotopic (exact) mass is 387 g/mol. The minimum Gasteiger partial charge on any atom is -0.496 e. The first-order valence-electron chi connectivity index (χ1n) is 9.84. The van der Waals surface area contributed by atoms with Crippen LogP contribution in [0.5, 0.6) is 17.2 Å². The molecule has 2 heterocycles. The van der Waals surface area contributed by atoms with E-state index in [9.17, 15) is 0 Å². The van der Waals surface area contributed by atoms with Crippen molar-refractivity contribution in [3.63, 3.8) is 0 Å². The molecule has 0 radical (unpaired) electrons. The van der Waals surface area contributed by atoms with Gasteiger partial charge in [-0.05, 0) is 55.0 Å². The van der Waals surface area contributed by atoms with Crippen LogP contribution >= 0.6 is 0 Å². The van der Waals surface area contributed by atoms with Gasteiger partial charge in [-0.3, -0.25) is 0 Å². The van der Waals surface area contributed by atoms with Crippen LogP contribution in [-0.4, -0.2) is 27.0 Å². The van der Waals surface area contributed by atoms with Crippen molar-refractivity contribution in [1.82, 2.24) is 0 Å². The Labute approximate surface area is 171 Å². The van der Waals surface area contributed by atoms with Crippen molar-refractivity contribution in [2.45, 2.75) is 25.0 Å². The summed E-state index contributed by atoms with van der Waals surface area (Å²) in [6, 6.07) is 16.5. The van der Waals surface area contributed by atoms with Gasteiger partial charge in [0.2, 0.25) is 5.72 Å². The Bertz CT molecular complexity index is 1160. The summed E-state index contributed by atoms with van der Waals surface area (Å²) < 4.78 is 18.3. The minimum atomic E-state index is -0.688. The molecule has 2 aliphatic heterocycles. The van der Waals surface area contributed by atoms with Gasteiger partial charge in [-0.1, -0.05) is 30.3 Å². The van der Waals surface area contributed by atoms with E-state index >= 15 is 0 Å². The highest BCUT2D eigenvalue weighted by atomic mass is 16.5. The molecule has 5 rings (SSSR count). The minimum absolute atomic E-state index is 0.378. The second-order valence-corrected chi connectivity index (χ2v) is 8.21. The molecule has 4 nitrogen and oxygen atoms in total.